The molecule has 0 unspecified atom stereocenters. The number of hydrogen-bond acceptors (Lipinski definition) is 6. The van der Waals surface area contributed by atoms with Crippen LogP contribution in [0.25, 0.3) is 40.5 Å². The molecule has 226 valence electrons. The Bertz CT molecular complexity index is 2150. The van der Waals surface area contributed by atoms with Gasteiger partial charge in [-0.25, -0.2) is 0 Å². The minimum absolute atomic E-state index is 0.380. The summed E-state index contributed by atoms with van der Waals surface area (Å²) >= 11 is 0. The Morgan fingerprint density at radius 3 is 1.77 bits per heavy atom. The van der Waals surface area contributed by atoms with Gasteiger partial charge in [0.15, 0.2) is 0 Å². The lowest BCUT2D eigenvalue weighted by Gasteiger charge is -2.15. The summed E-state index contributed by atoms with van der Waals surface area (Å²) in [7, 11) is 0. The molecule has 47 heavy (non-hydrogen) atoms. The summed E-state index contributed by atoms with van der Waals surface area (Å²) in [6, 6.07) is 38.9. The van der Waals surface area contributed by atoms with Crippen LogP contribution in [0.15, 0.2) is 144 Å². The first-order valence-electron chi connectivity index (χ1n) is 15.4. The van der Waals surface area contributed by atoms with Gasteiger partial charge in [0.1, 0.15) is 11.4 Å². The van der Waals surface area contributed by atoms with Crippen molar-refractivity contribution in [3.05, 3.63) is 161 Å². The van der Waals surface area contributed by atoms with E-state index >= 15 is 0 Å². The van der Waals surface area contributed by atoms with E-state index in [1.165, 1.54) is 0 Å². The molecule has 2 aliphatic carbocycles. The van der Waals surface area contributed by atoms with Gasteiger partial charge in [0.2, 0.25) is 0 Å². The largest absolute Gasteiger partial charge is 0.299 e. The zero-order valence-electron chi connectivity index (χ0n) is 25.8. The fraction of sp³-hybridized carbons (Fsp3) is 0.0244. The van der Waals surface area contributed by atoms with E-state index in [4.69, 9.17) is 10.8 Å². The lowest BCUT2D eigenvalue weighted by molar-refractivity contribution is 1.33. The number of fused-ring (bicyclic) bond motifs is 2. The molecule has 0 aromatic heterocycles. The second-order valence-corrected chi connectivity index (χ2v) is 11.3. The summed E-state index contributed by atoms with van der Waals surface area (Å²) in [6.07, 6.45) is 11.7. The molecule has 7 rings (SSSR count). The molecule has 0 aliphatic heterocycles. The Morgan fingerprint density at radius 1 is 0.553 bits per heavy atom. The first-order valence-corrected chi connectivity index (χ1v) is 15.4. The number of hydrogen-bond donors (Lipinski definition) is 4. The number of allylic oxidation sites excluding steroid dienone is 3. The molecule has 0 radical (unpaired) electrons. The standard InChI is InChI=1S/C41H32N6/c1-2-5-27-8-23-37-33(26-27)17-24-38(42)41(37)47-45-35-21-15-31(16-22-35)29-11-9-28(10-12-29)30-13-19-34(20-14-30)44-46-39-25-18-32-6-3-4-7-36(32)40(39)43/h2-26,42-45H,1H3/b5-2+,42-38?,43-40?,46-39-,47-41-. The maximum absolute atomic E-state index is 8.49. The summed E-state index contributed by atoms with van der Waals surface area (Å²) in [5, 5.41) is 26.0. The summed E-state index contributed by atoms with van der Waals surface area (Å²) in [5.41, 5.74) is 19.5. The summed E-state index contributed by atoms with van der Waals surface area (Å²) in [6.45, 7) is 2.00. The van der Waals surface area contributed by atoms with E-state index in [1.54, 1.807) is 6.08 Å². The molecule has 0 heterocycles. The molecule has 0 saturated heterocycles. The molecule has 0 bridgehead atoms. The van der Waals surface area contributed by atoms with Crippen molar-refractivity contribution >= 4 is 52.4 Å². The normalized spacial score (nSPS) is 15.3. The van der Waals surface area contributed by atoms with Gasteiger partial charge < -0.3 is 0 Å². The molecule has 0 fully saturated rings. The van der Waals surface area contributed by atoms with E-state index in [9.17, 15) is 0 Å². The molecule has 6 nitrogen and oxygen atoms in total. The van der Waals surface area contributed by atoms with Crippen molar-refractivity contribution in [2.45, 2.75) is 6.92 Å². The second-order valence-electron chi connectivity index (χ2n) is 11.3. The second kappa shape index (κ2) is 12.9. The molecule has 0 amide bonds. The predicted molar refractivity (Wildman–Crippen MR) is 199 cm³/mol. The van der Waals surface area contributed by atoms with Crippen LogP contribution < -0.4 is 10.9 Å². The molecule has 0 saturated carbocycles. The van der Waals surface area contributed by atoms with Gasteiger partial charge in [-0.3, -0.25) is 21.7 Å². The van der Waals surface area contributed by atoms with Crippen molar-refractivity contribution in [1.82, 2.24) is 0 Å². The molecule has 2 aliphatic rings. The summed E-state index contributed by atoms with van der Waals surface area (Å²) in [5.74, 6) is 0. The topological polar surface area (TPSA) is 96.5 Å². The minimum Gasteiger partial charge on any atom is -0.299 e. The lowest BCUT2D eigenvalue weighted by atomic mass is 9.92. The Kier molecular flexibility index (Phi) is 8.05. The summed E-state index contributed by atoms with van der Waals surface area (Å²) < 4.78 is 0. The number of rotatable bonds is 7. The molecule has 5 aromatic carbocycles. The average molecular weight is 609 g/mol. The summed E-state index contributed by atoms with van der Waals surface area (Å²) in [4.78, 5) is 0. The van der Waals surface area contributed by atoms with E-state index in [1.807, 2.05) is 91.9 Å². The van der Waals surface area contributed by atoms with Crippen molar-refractivity contribution in [1.29, 1.82) is 10.8 Å². The highest BCUT2D eigenvalue weighted by molar-refractivity contribution is 6.54. The maximum Gasteiger partial charge on any atom is 0.116 e. The Morgan fingerprint density at radius 2 is 1.13 bits per heavy atom. The van der Waals surface area contributed by atoms with Crippen molar-refractivity contribution in [3.63, 3.8) is 0 Å². The van der Waals surface area contributed by atoms with Gasteiger partial charge in [0.05, 0.1) is 22.8 Å². The highest BCUT2D eigenvalue weighted by Crippen LogP contribution is 2.28. The van der Waals surface area contributed by atoms with Crippen LogP contribution in [0.1, 0.15) is 34.7 Å². The van der Waals surface area contributed by atoms with Gasteiger partial charge >= 0.3 is 0 Å². The van der Waals surface area contributed by atoms with Crippen LogP contribution in [0.3, 0.4) is 0 Å². The van der Waals surface area contributed by atoms with E-state index in [0.29, 0.717) is 22.8 Å². The predicted octanol–water partition coefficient (Wildman–Crippen LogP) is 9.78. The van der Waals surface area contributed by atoms with Crippen LogP contribution in [0.2, 0.25) is 0 Å². The third-order valence-electron chi connectivity index (χ3n) is 8.21. The molecule has 0 spiro atoms. The minimum atomic E-state index is 0.380. The van der Waals surface area contributed by atoms with Crippen LogP contribution >= 0.6 is 0 Å². The third-order valence-corrected chi connectivity index (χ3v) is 8.21. The molecule has 5 aromatic rings. The number of nitrogens with zero attached hydrogens (tertiary/aromatic N) is 2. The van der Waals surface area contributed by atoms with Gasteiger partial charge in [-0.1, -0.05) is 109 Å². The molecular weight excluding hydrogens is 576 g/mol. The highest BCUT2D eigenvalue weighted by Gasteiger charge is 2.17. The van der Waals surface area contributed by atoms with E-state index in [-0.39, 0.29) is 0 Å². The number of anilines is 2. The number of hydrazone groups is 2. The zero-order chi connectivity index (χ0) is 32.2. The fourth-order valence-electron chi connectivity index (χ4n) is 5.68. The van der Waals surface area contributed by atoms with Crippen LogP contribution in [-0.2, 0) is 0 Å². The average Bonchev–Trinajstić information content (AvgIpc) is 3.12. The Labute approximate surface area is 274 Å². The number of nitrogens with one attached hydrogen (secondary N) is 4. The Hall–Kier alpha value is -6.40. The number of benzene rings is 5. The SMILES string of the molecule is C/C=C/c1ccc2c(c1)C=CC(=N)/C2=N\Nc1ccc(-c2ccc(-c3ccc(N/N=C4/C=Cc5ccccc5C4=N)cc3)cc2)cc1. The molecule has 6 heteroatoms. The monoisotopic (exact) mass is 608 g/mol. The Balaban J connectivity index is 0.992. The van der Waals surface area contributed by atoms with Crippen LogP contribution in [0.4, 0.5) is 11.4 Å². The van der Waals surface area contributed by atoms with Crippen LogP contribution in [0, 0.1) is 10.8 Å². The van der Waals surface area contributed by atoms with Crippen molar-refractivity contribution in [2.24, 2.45) is 10.2 Å². The van der Waals surface area contributed by atoms with E-state index in [0.717, 1.165) is 61.4 Å². The van der Waals surface area contributed by atoms with Crippen LogP contribution in [-0.4, -0.2) is 22.8 Å². The van der Waals surface area contributed by atoms with E-state index < -0.39 is 0 Å². The first kappa shape index (κ1) is 29.3. The maximum atomic E-state index is 8.49. The van der Waals surface area contributed by atoms with Crippen LogP contribution in [0.5, 0.6) is 0 Å². The van der Waals surface area contributed by atoms with Gasteiger partial charge in [-0.2, -0.15) is 10.2 Å². The van der Waals surface area contributed by atoms with Crippen molar-refractivity contribution < 1.29 is 0 Å². The first-order chi connectivity index (χ1) is 23.1. The highest BCUT2D eigenvalue weighted by atomic mass is 15.3. The van der Waals surface area contributed by atoms with Gasteiger partial charge in [-0.15, -0.1) is 0 Å². The molecule has 4 N–H and O–H groups in total. The molecule has 0 atom stereocenters. The third kappa shape index (κ3) is 6.26. The smallest absolute Gasteiger partial charge is 0.116 e. The molecular formula is C41H32N6. The van der Waals surface area contributed by atoms with Gasteiger partial charge in [0, 0.05) is 11.1 Å². The zero-order valence-corrected chi connectivity index (χ0v) is 25.8. The van der Waals surface area contributed by atoms with Gasteiger partial charge in [-0.05, 0) is 88.4 Å². The van der Waals surface area contributed by atoms with E-state index in [2.05, 4.69) is 81.7 Å². The van der Waals surface area contributed by atoms with Crippen molar-refractivity contribution in [2.75, 3.05) is 10.9 Å². The van der Waals surface area contributed by atoms with Gasteiger partial charge in [0.25, 0.3) is 0 Å². The quantitative estimate of drug-likeness (QED) is 0.138. The lowest BCUT2D eigenvalue weighted by Crippen LogP contribution is -2.18. The van der Waals surface area contributed by atoms with Crippen molar-refractivity contribution in [3.8, 4) is 22.3 Å². The fourth-order valence-corrected chi connectivity index (χ4v) is 5.68.